The molecule has 0 spiro atoms. The van der Waals surface area contributed by atoms with E-state index in [2.05, 4.69) is 18.7 Å². The van der Waals surface area contributed by atoms with Crippen LogP contribution in [0.4, 0.5) is 0 Å². The molecule has 0 aromatic carbocycles. The molecule has 1 atom stereocenters. The summed E-state index contributed by atoms with van der Waals surface area (Å²) in [5, 5.41) is 8.99. The van der Waals surface area contributed by atoms with Crippen molar-refractivity contribution in [2.45, 2.75) is 39.7 Å². The highest BCUT2D eigenvalue weighted by Crippen LogP contribution is 1.98. The first-order valence-corrected chi connectivity index (χ1v) is 4.61. The SMILES string of the molecule is CCN(CC)CCC[C@@H](C)O. The van der Waals surface area contributed by atoms with Gasteiger partial charge in [0.05, 0.1) is 6.10 Å². The normalized spacial score (nSPS) is 13.9. The van der Waals surface area contributed by atoms with Crippen LogP contribution < -0.4 is 0 Å². The number of rotatable bonds is 6. The van der Waals surface area contributed by atoms with Crippen LogP contribution in [0, 0.1) is 0 Å². The van der Waals surface area contributed by atoms with Crippen molar-refractivity contribution < 1.29 is 5.11 Å². The Balaban J connectivity index is 3.21. The smallest absolute Gasteiger partial charge is 0.0512 e. The lowest BCUT2D eigenvalue weighted by Gasteiger charge is -2.17. The number of aliphatic hydroxyl groups excluding tert-OH is 1. The second-order valence-electron chi connectivity index (χ2n) is 3.02. The van der Waals surface area contributed by atoms with E-state index in [0.29, 0.717) is 0 Å². The molecular formula is C9H21NO. The standard InChI is InChI=1S/C9H21NO/c1-4-10(5-2)8-6-7-9(3)11/h9,11H,4-8H2,1-3H3/t9-/m1/s1. The first kappa shape index (κ1) is 10.9. The fourth-order valence-corrected chi connectivity index (χ4v) is 1.15. The molecule has 0 fully saturated rings. The third-order valence-corrected chi connectivity index (χ3v) is 1.99. The third-order valence-electron chi connectivity index (χ3n) is 1.99. The molecule has 0 unspecified atom stereocenters. The molecular weight excluding hydrogens is 138 g/mol. The van der Waals surface area contributed by atoms with Crippen molar-refractivity contribution >= 4 is 0 Å². The van der Waals surface area contributed by atoms with Crippen molar-refractivity contribution in [1.82, 2.24) is 4.90 Å². The quantitative estimate of drug-likeness (QED) is 0.634. The van der Waals surface area contributed by atoms with E-state index in [-0.39, 0.29) is 6.10 Å². The van der Waals surface area contributed by atoms with Gasteiger partial charge < -0.3 is 10.0 Å². The second-order valence-corrected chi connectivity index (χ2v) is 3.02. The van der Waals surface area contributed by atoms with E-state index in [1.807, 2.05) is 6.92 Å². The summed E-state index contributed by atoms with van der Waals surface area (Å²) < 4.78 is 0. The molecule has 11 heavy (non-hydrogen) atoms. The summed E-state index contributed by atoms with van der Waals surface area (Å²) in [6.45, 7) is 9.56. The van der Waals surface area contributed by atoms with Gasteiger partial charge in [-0.2, -0.15) is 0 Å². The average Bonchev–Trinajstić information content (AvgIpc) is 1.98. The third kappa shape index (κ3) is 6.32. The van der Waals surface area contributed by atoms with Gasteiger partial charge in [-0.25, -0.2) is 0 Å². The Bertz CT molecular complexity index is 79.6. The molecule has 0 aromatic rings. The highest BCUT2D eigenvalue weighted by Gasteiger charge is 1.99. The molecule has 0 saturated heterocycles. The molecule has 2 heteroatoms. The van der Waals surface area contributed by atoms with Gasteiger partial charge in [-0.05, 0) is 39.4 Å². The van der Waals surface area contributed by atoms with Crippen LogP contribution in [0.25, 0.3) is 0 Å². The van der Waals surface area contributed by atoms with E-state index >= 15 is 0 Å². The lowest BCUT2D eigenvalue weighted by Crippen LogP contribution is -2.24. The molecule has 0 aliphatic carbocycles. The molecule has 0 rings (SSSR count). The lowest BCUT2D eigenvalue weighted by molar-refractivity contribution is 0.172. The monoisotopic (exact) mass is 159 g/mol. The van der Waals surface area contributed by atoms with Crippen molar-refractivity contribution in [2.24, 2.45) is 0 Å². The van der Waals surface area contributed by atoms with Crippen molar-refractivity contribution in [2.75, 3.05) is 19.6 Å². The molecule has 0 heterocycles. The minimum atomic E-state index is -0.134. The van der Waals surface area contributed by atoms with Gasteiger partial charge in [-0.15, -0.1) is 0 Å². The fraction of sp³-hybridized carbons (Fsp3) is 1.00. The Hall–Kier alpha value is -0.0800. The van der Waals surface area contributed by atoms with Gasteiger partial charge in [-0.1, -0.05) is 13.8 Å². The van der Waals surface area contributed by atoms with E-state index in [1.165, 1.54) is 0 Å². The first-order chi connectivity index (χ1) is 5.20. The molecule has 2 nitrogen and oxygen atoms in total. The number of hydrogen-bond donors (Lipinski definition) is 1. The highest BCUT2D eigenvalue weighted by atomic mass is 16.3. The summed E-state index contributed by atoms with van der Waals surface area (Å²) in [4.78, 5) is 2.38. The predicted octanol–water partition coefficient (Wildman–Crippen LogP) is 1.49. The summed E-state index contributed by atoms with van der Waals surface area (Å²) in [6, 6.07) is 0. The average molecular weight is 159 g/mol. The van der Waals surface area contributed by atoms with Crippen LogP contribution in [0.3, 0.4) is 0 Å². The summed E-state index contributed by atoms with van der Waals surface area (Å²) in [7, 11) is 0. The van der Waals surface area contributed by atoms with Gasteiger partial charge in [-0.3, -0.25) is 0 Å². The molecule has 0 amide bonds. The maximum atomic E-state index is 8.99. The van der Waals surface area contributed by atoms with E-state index in [0.717, 1.165) is 32.5 Å². The summed E-state index contributed by atoms with van der Waals surface area (Å²) >= 11 is 0. The van der Waals surface area contributed by atoms with Gasteiger partial charge in [0.1, 0.15) is 0 Å². The highest BCUT2D eigenvalue weighted by molar-refractivity contribution is 4.54. The van der Waals surface area contributed by atoms with Gasteiger partial charge in [0, 0.05) is 0 Å². The molecule has 68 valence electrons. The van der Waals surface area contributed by atoms with Gasteiger partial charge >= 0.3 is 0 Å². The molecule has 0 saturated carbocycles. The first-order valence-electron chi connectivity index (χ1n) is 4.61. The van der Waals surface area contributed by atoms with Gasteiger partial charge in [0.25, 0.3) is 0 Å². The predicted molar refractivity (Wildman–Crippen MR) is 48.7 cm³/mol. The Labute approximate surface area is 70.2 Å². The van der Waals surface area contributed by atoms with Crippen molar-refractivity contribution in [3.63, 3.8) is 0 Å². The van der Waals surface area contributed by atoms with Gasteiger partial charge in [0.2, 0.25) is 0 Å². The Morgan fingerprint density at radius 3 is 2.18 bits per heavy atom. The number of aliphatic hydroxyl groups is 1. The zero-order valence-electron chi connectivity index (χ0n) is 8.01. The van der Waals surface area contributed by atoms with Crippen LogP contribution in [0.15, 0.2) is 0 Å². The second kappa shape index (κ2) is 6.62. The Morgan fingerprint density at radius 2 is 1.82 bits per heavy atom. The van der Waals surface area contributed by atoms with Crippen LogP contribution in [-0.2, 0) is 0 Å². The Kier molecular flexibility index (Phi) is 6.57. The number of hydrogen-bond acceptors (Lipinski definition) is 2. The maximum absolute atomic E-state index is 8.99. The van der Waals surface area contributed by atoms with E-state index in [9.17, 15) is 0 Å². The van der Waals surface area contributed by atoms with Crippen LogP contribution in [-0.4, -0.2) is 35.7 Å². The summed E-state index contributed by atoms with van der Waals surface area (Å²) in [5.41, 5.74) is 0. The summed E-state index contributed by atoms with van der Waals surface area (Å²) in [6.07, 6.45) is 1.90. The van der Waals surface area contributed by atoms with Crippen LogP contribution in [0.1, 0.15) is 33.6 Å². The lowest BCUT2D eigenvalue weighted by atomic mass is 10.2. The molecule has 0 bridgehead atoms. The minimum Gasteiger partial charge on any atom is -0.393 e. The molecule has 1 N–H and O–H groups in total. The van der Waals surface area contributed by atoms with Gasteiger partial charge in [0.15, 0.2) is 0 Å². The molecule has 0 aliphatic heterocycles. The molecule has 0 radical (unpaired) electrons. The topological polar surface area (TPSA) is 23.5 Å². The van der Waals surface area contributed by atoms with Crippen molar-refractivity contribution in [3.8, 4) is 0 Å². The van der Waals surface area contributed by atoms with E-state index < -0.39 is 0 Å². The van der Waals surface area contributed by atoms with Crippen LogP contribution >= 0.6 is 0 Å². The van der Waals surface area contributed by atoms with Crippen molar-refractivity contribution in [3.05, 3.63) is 0 Å². The molecule has 0 aliphatic rings. The van der Waals surface area contributed by atoms with E-state index in [4.69, 9.17) is 5.11 Å². The van der Waals surface area contributed by atoms with E-state index in [1.54, 1.807) is 0 Å². The fourth-order valence-electron chi connectivity index (χ4n) is 1.15. The largest absolute Gasteiger partial charge is 0.393 e. The summed E-state index contributed by atoms with van der Waals surface area (Å²) in [5.74, 6) is 0. The van der Waals surface area contributed by atoms with Crippen LogP contribution in [0.5, 0.6) is 0 Å². The Morgan fingerprint density at radius 1 is 1.27 bits per heavy atom. The zero-order chi connectivity index (χ0) is 8.69. The van der Waals surface area contributed by atoms with Crippen molar-refractivity contribution in [1.29, 1.82) is 0 Å². The molecule has 0 aromatic heterocycles. The number of nitrogens with zero attached hydrogens (tertiary/aromatic N) is 1. The zero-order valence-corrected chi connectivity index (χ0v) is 8.01. The van der Waals surface area contributed by atoms with Crippen LogP contribution in [0.2, 0.25) is 0 Å². The maximum Gasteiger partial charge on any atom is 0.0512 e. The minimum absolute atomic E-state index is 0.134.